The molecular formula is C22H30N4. The summed E-state index contributed by atoms with van der Waals surface area (Å²) in [5.41, 5.74) is 4.86. The standard InChI is InChI=1S/C22H30N4/c1-21(2,3)17-10-7-16(8-11-17)9-12-18-20(25-22(4,5)6)26-14-13-23-15-19(26)24-18/h7-8,10-11,13-15,25H,9,12H2,1-6H3. The minimum absolute atomic E-state index is 0.0255. The lowest BCUT2D eigenvalue weighted by atomic mass is 9.86. The number of aryl methyl sites for hydroxylation is 2. The average Bonchev–Trinajstić information content (AvgIpc) is 2.89. The van der Waals surface area contributed by atoms with Gasteiger partial charge in [0.05, 0.1) is 11.9 Å². The molecule has 0 fully saturated rings. The number of benzene rings is 1. The van der Waals surface area contributed by atoms with Crippen molar-refractivity contribution in [3.63, 3.8) is 0 Å². The molecule has 0 spiro atoms. The van der Waals surface area contributed by atoms with E-state index in [4.69, 9.17) is 4.98 Å². The number of imidazole rings is 1. The molecule has 0 atom stereocenters. The molecule has 0 amide bonds. The van der Waals surface area contributed by atoms with Crippen LogP contribution in [0.2, 0.25) is 0 Å². The average molecular weight is 351 g/mol. The van der Waals surface area contributed by atoms with Gasteiger partial charge in [-0.1, -0.05) is 45.0 Å². The normalized spacial score (nSPS) is 12.5. The van der Waals surface area contributed by atoms with Crippen molar-refractivity contribution < 1.29 is 0 Å². The third-order valence-electron chi connectivity index (χ3n) is 4.47. The first-order valence-corrected chi connectivity index (χ1v) is 9.32. The maximum absolute atomic E-state index is 4.81. The molecule has 138 valence electrons. The molecule has 0 bridgehead atoms. The summed E-state index contributed by atoms with van der Waals surface area (Å²) in [4.78, 5) is 9.01. The monoisotopic (exact) mass is 350 g/mol. The van der Waals surface area contributed by atoms with E-state index >= 15 is 0 Å². The lowest BCUT2D eigenvalue weighted by Crippen LogP contribution is -2.27. The van der Waals surface area contributed by atoms with Crippen molar-refractivity contribution in [3.8, 4) is 0 Å². The van der Waals surface area contributed by atoms with Crippen LogP contribution in [0.25, 0.3) is 5.65 Å². The van der Waals surface area contributed by atoms with E-state index in [2.05, 4.69) is 80.5 Å². The van der Waals surface area contributed by atoms with E-state index in [1.165, 1.54) is 11.1 Å². The van der Waals surface area contributed by atoms with Gasteiger partial charge in [-0.05, 0) is 50.2 Å². The second-order valence-electron chi connectivity index (χ2n) is 9.03. The third-order valence-corrected chi connectivity index (χ3v) is 4.47. The smallest absolute Gasteiger partial charge is 0.157 e. The molecule has 0 saturated heterocycles. The van der Waals surface area contributed by atoms with Crippen LogP contribution in [0.3, 0.4) is 0 Å². The van der Waals surface area contributed by atoms with Crippen molar-refractivity contribution in [2.24, 2.45) is 0 Å². The molecule has 26 heavy (non-hydrogen) atoms. The number of nitrogens with zero attached hydrogens (tertiary/aromatic N) is 3. The molecule has 0 radical (unpaired) electrons. The second kappa shape index (κ2) is 6.75. The molecule has 4 heteroatoms. The Labute approximate surface area is 156 Å². The Hall–Kier alpha value is -2.36. The summed E-state index contributed by atoms with van der Waals surface area (Å²) in [5, 5.41) is 3.61. The number of nitrogens with one attached hydrogen (secondary N) is 1. The van der Waals surface area contributed by atoms with Gasteiger partial charge in [0.15, 0.2) is 5.65 Å². The highest BCUT2D eigenvalue weighted by Crippen LogP contribution is 2.25. The van der Waals surface area contributed by atoms with Gasteiger partial charge in [-0.2, -0.15) is 0 Å². The van der Waals surface area contributed by atoms with Gasteiger partial charge in [0.2, 0.25) is 0 Å². The van der Waals surface area contributed by atoms with Gasteiger partial charge in [0.1, 0.15) is 5.82 Å². The Morgan fingerprint density at radius 1 is 0.962 bits per heavy atom. The van der Waals surface area contributed by atoms with Gasteiger partial charge in [-0.15, -0.1) is 0 Å². The number of anilines is 1. The Morgan fingerprint density at radius 2 is 1.65 bits per heavy atom. The van der Waals surface area contributed by atoms with Gasteiger partial charge < -0.3 is 5.32 Å². The van der Waals surface area contributed by atoms with Crippen LogP contribution in [0, 0.1) is 0 Å². The molecule has 0 aliphatic carbocycles. The van der Waals surface area contributed by atoms with E-state index in [1.54, 1.807) is 6.20 Å². The first-order valence-electron chi connectivity index (χ1n) is 9.32. The predicted octanol–water partition coefficient (Wildman–Crippen LogP) is 5.02. The van der Waals surface area contributed by atoms with Crippen LogP contribution >= 0.6 is 0 Å². The number of hydrogen-bond acceptors (Lipinski definition) is 3. The lowest BCUT2D eigenvalue weighted by Gasteiger charge is -2.22. The summed E-state index contributed by atoms with van der Waals surface area (Å²) >= 11 is 0. The van der Waals surface area contributed by atoms with Crippen LogP contribution < -0.4 is 5.32 Å². The molecule has 2 aromatic heterocycles. The van der Waals surface area contributed by atoms with Crippen molar-refractivity contribution in [2.75, 3.05) is 5.32 Å². The van der Waals surface area contributed by atoms with E-state index in [0.29, 0.717) is 0 Å². The van der Waals surface area contributed by atoms with Gasteiger partial charge in [-0.25, -0.2) is 4.98 Å². The fourth-order valence-electron chi connectivity index (χ4n) is 3.05. The summed E-state index contributed by atoms with van der Waals surface area (Å²) in [5.74, 6) is 1.07. The maximum atomic E-state index is 4.81. The van der Waals surface area contributed by atoms with Gasteiger partial charge >= 0.3 is 0 Å². The molecule has 3 aromatic rings. The Kier molecular flexibility index (Phi) is 4.78. The fourth-order valence-corrected chi connectivity index (χ4v) is 3.05. The number of fused-ring (bicyclic) bond motifs is 1. The van der Waals surface area contributed by atoms with E-state index in [1.807, 2.05) is 12.4 Å². The number of rotatable bonds is 4. The third kappa shape index (κ3) is 4.24. The highest BCUT2D eigenvalue weighted by molar-refractivity contribution is 5.55. The van der Waals surface area contributed by atoms with Crippen LogP contribution in [0.15, 0.2) is 42.9 Å². The van der Waals surface area contributed by atoms with Crippen LogP contribution in [0.5, 0.6) is 0 Å². The summed E-state index contributed by atoms with van der Waals surface area (Å²) in [6, 6.07) is 8.98. The number of aromatic nitrogens is 3. The minimum atomic E-state index is -0.0255. The molecule has 0 unspecified atom stereocenters. The van der Waals surface area contributed by atoms with Crippen LogP contribution in [0.4, 0.5) is 5.82 Å². The lowest BCUT2D eigenvalue weighted by molar-refractivity contribution is 0.590. The quantitative estimate of drug-likeness (QED) is 0.718. The molecule has 4 nitrogen and oxygen atoms in total. The van der Waals surface area contributed by atoms with Gasteiger partial charge in [0, 0.05) is 17.9 Å². The van der Waals surface area contributed by atoms with Crippen LogP contribution in [-0.2, 0) is 18.3 Å². The molecule has 2 heterocycles. The highest BCUT2D eigenvalue weighted by atomic mass is 15.2. The Balaban J connectivity index is 1.83. The largest absolute Gasteiger partial charge is 0.365 e. The van der Waals surface area contributed by atoms with E-state index in [9.17, 15) is 0 Å². The SMILES string of the molecule is CC(C)(C)Nc1c(CCc2ccc(C(C)(C)C)cc2)nc2cnccn12. The van der Waals surface area contributed by atoms with Crippen molar-refractivity contribution in [1.82, 2.24) is 14.4 Å². The number of hydrogen-bond donors (Lipinski definition) is 1. The van der Waals surface area contributed by atoms with Crippen molar-refractivity contribution in [2.45, 2.75) is 65.3 Å². The van der Waals surface area contributed by atoms with Crippen LogP contribution in [-0.4, -0.2) is 19.9 Å². The van der Waals surface area contributed by atoms with Gasteiger partial charge in [-0.3, -0.25) is 9.38 Å². The summed E-state index contributed by atoms with van der Waals surface area (Å²) in [6.07, 6.45) is 7.46. The topological polar surface area (TPSA) is 42.2 Å². The molecule has 0 aliphatic rings. The molecule has 0 saturated carbocycles. The zero-order valence-electron chi connectivity index (χ0n) is 16.8. The van der Waals surface area contributed by atoms with Crippen molar-refractivity contribution in [3.05, 3.63) is 59.7 Å². The minimum Gasteiger partial charge on any atom is -0.365 e. The zero-order chi connectivity index (χ0) is 18.9. The van der Waals surface area contributed by atoms with Crippen molar-refractivity contribution >= 4 is 11.5 Å². The molecule has 1 aromatic carbocycles. The van der Waals surface area contributed by atoms with E-state index < -0.39 is 0 Å². The molecular weight excluding hydrogens is 320 g/mol. The van der Waals surface area contributed by atoms with E-state index in [-0.39, 0.29) is 11.0 Å². The molecule has 1 N–H and O–H groups in total. The summed E-state index contributed by atoms with van der Waals surface area (Å²) in [7, 11) is 0. The Bertz CT molecular complexity index is 877. The summed E-state index contributed by atoms with van der Waals surface area (Å²) in [6.45, 7) is 13.2. The Morgan fingerprint density at radius 3 is 2.27 bits per heavy atom. The molecule has 3 rings (SSSR count). The summed E-state index contributed by atoms with van der Waals surface area (Å²) < 4.78 is 2.09. The maximum Gasteiger partial charge on any atom is 0.157 e. The van der Waals surface area contributed by atoms with Crippen LogP contribution in [0.1, 0.15) is 58.4 Å². The first-order chi connectivity index (χ1) is 12.1. The van der Waals surface area contributed by atoms with E-state index in [0.717, 1.165) is 30.0 Å². The van der Waals surface area contributed by atoms with Crippen molar-refractivity contribution in [1.29, 1.82) is 0 Å². The first kappa shape index (κ1) is 18.4. The fraction of sp³-hybridized carbons (Fsp3) is 0.455. The zero-order valence-corrected chi connectivity index (χ0v) is 16.8. The highest BCUT2D eigenvalue weighted by Gasteiger charge is 2.18. The predicted molar refractivity (Wildman–Crippen MR) is 109 cm³/mol. The second-order valence-corrected chi connectivity index (χ2v) is 9.03. The van der Waals surface area contributed by atoms with Gasteiger partial charge in [0.25, 0.3) is 0 Å². The molecule has 0 aliphatic heterocycles.